The highest BCUT2D eigenvalue weighted by molar-refractivity contribution is 14.0. The van der Waals surface area contributed by atoms with Gasteiger partial charge in [-0.2, -0.15) is 0 Å². The number of fused-ring (bicyclic) bond motifs is 1. The number of halogens is 1. The quantitative estimate of drug-likeness (QED) is 0.324. The Morgan fingerprint density at radius 3 is 2.93 bits per heavy atom. The number of benzene rings is 1. The number of amides is 1. The standard InChI is InChI=1S/C19H25N5OS.HI/c1-3-14-12-22-18(26-14)8-9-21-19(20-2)23-11-13-10-17(25)24-16-7-5-4-6-15(13)16;/h4-7,12-13H,3,8-11H2,1-2H3,(H,24,25)(H2,20,21,23);1H. The van der Waals surface area contributed by atoms with Crippen LogP contribution in [0.1, 0.15) is 34.7 Å². The molecular weight excluding hydrogens is 473 g/mol. The van der Waals surface area contributed by atoms with E-state index in [0.717, 1.165) is 36.0 Å². The number of nitrogens with zero attached hydrogens (tertiary/aromatic N) is 2. The van der Waals surface area contributed by atoms with E-state index in [1.165, 1.54) is 10.4 Å². The Kier molecular flexibility index (Phi) is 8.49. The van der Waals surface area contributed by atoms with Crippen LogP contribution in [0, 0.1) is 0 Å². The molecule has 0 bridgehead atoms. The number of aryl methyl sites for hydroxylation is 1. The van der Waals surface area contributed by atoms with Crippen molar-refractivity contribution in [3.8, 4) is 0 Å². The maximum Gasteiger partial charge on any atom is 0.225 e. The van der Waals surface area contributed by atoms with Crippen LogP contribution in [0.3, 0.4) is 0 Å². The van der Waals surface area contributed by atoms with Crippen molar-refractivity contribution in [3.63, 3.8) is 0 Å². The van der Waals surface area contributed by atoms with Crippen molar-refractivity contribution in [3.05, 3.63) is 45.9 Å². The van der Waals surface area contributed by atoms with Crippen molar-refractivity contribution >= 4 is 52.9 Å². The second kappa shape index (κ2) is 10.6. The van der Waals surface area contributed by atoms with Crippen LogP contribution in [0.2, 0.25) is 0 Å². The van der Waals surface area contributed by atoms with Gasteiger partial charge >= 0.3 is 0 Å². The predicted octanol–water partition coefficient (Wildman–Crippen LogP) is 3.16. The molecule has 0 spiro atoms. The lowest BCUT2D eigenvalue weighted by Gasteiger charge is -2.26. The van der Waals surface area contributed by atoms with Gasteiger partial charge in [-0.25, -0.2) is 4.98 Å². The van der Waals surface area contributed by atoms with Gasteiger partial charge in [-0.15, -0.1) is 35.3 Å². The van der Waals surface area contributed by atoms with Gasteiger partial charge in [0.2, 0.25) is 5.91 Å². The van der Waals surface area contributed by atoms with Crippen LogP contribution < -0.4 is 16.0 Å². The second-order valence-corrected chi connectivity index (χ2v) is 7.44. The summed E-state index contributed by atoms with van der Waals surface area (Å²) >= 11 is 1.76. The number of aliphatic imine (C=N–C) groups is 1. The predicted molar refractivity (Wildman–Crippen MR) is 122 cm³/mol. The summed E-state index contributed by atoms with van der Waals surface area (Å²) < 4.78 is 0. The number of anilines is 1. The second-order valence-electron chi connectivity index (χ2n) is 6.24. The van der Waals surface area contributed by atoms with E-state index < -0.39 is 0 Å². The number of carbonyl (C=O) groups excluding carboxylic acids is 1. The van der Waals surface area contributed by atoms with Crippen molar-refractivity contribution < 1.29 is 4.79 Å². The number of hydrogen-bond acceptors (Lipinski definition) is 4. The number of aromatic nitrogens is 1. The van der Waals surface area contributed by atoms with Gasteiger partial charge in [0.15, 0.2) is 5.96 Å². The summed E-state index contributed by atoms with van der Waals surface area (Å²) in [6.07, 6.45) is 4.35. The monoisotopic (exact) mass is 499 g/mol. The molecule has 1 atom stereocenters. The van der Waals surface area contributed by atoms with E-state index in [2.05, 4.69) is 38.9 Å². The van der Waals surface area contributed by atoms with E-state index in [9.17, 15) is 4.79 Å². The highest BCUT2D eigenvalue weighted by atomic mass is 127. The van der Waals surface area contributed by atoms with Crippen LogP contribution in [0.5, 0.6) is 0 Å². The molecule has 1 aliphatic heterocycles. The molecule has 146 valence electrons. The fourth-order valence-electron chi connectivity index (χ4n) is 3.04. The molecule has 1 aromatic carbocycles. The Hall–Kier alpha value is -1.68. The zero-order valence-electron chi connectivity index (χ0n) is 15.6. The first-order valence-electron chi connectivity index (χ1n) is 8.96. The van der Waals surface area contributed by atoms with Crippen LogP contribution >= 0.6 is 35.3 Å². The topological polar surface area (TPSA) is 78.4 Å². The molecule has 0 saturated heterocycles. The van der Waals surface area contributed by atoms with E-state index in [1.54, 1.807) is 18.4 Å². The summed E-state index contributed by atoms with van der Waals surface area (Å²) in [7, 11) is 1.76. The van der Waals surface area contributed by atoms with Crippen molar-refractivity contribution in [2.75, 3.05) is 25.5 Å². The Labute approximate surface area is 181 Å². The number of thiazole rings is 1. The molecule has 0 saturated carbocycles. The number of rotatable bonds is 6. The van der Waals surface area contributed by atoms with Gasteiger partial charge in [0.25, 0.3) is 0 Å². The minimum Gasteiger partial charge on any atom is -0.356 e. The Balaban J connectivity index is 0.00000261. The molecule has 0 radical (unpaired) electrons. The van der Waals surface area contributed by atoms with E-state index in [1.807, 2.05) is 24.4 Å². The van der Waals surface area contributed by atoms with Crippen LogP contribution in [-0.4, -0.2) is 37.0 Å². The van der Waals surface area contributed by atoms with Gasteiger partial charge in [-0.05, 0) is 18.1 Å². The lowest BCUT2D eigenvalue weighted by molar-refractivity contribution is -0.116. The highest BCUT2D eigenvalue weighted by Gasteiger charge is 2.24. The Bertz CT molecular complexity index is 792. The molecule has 0 aliphatic carbocycles. The van der Waals surface area contributed by atoms with Gasteiger partial charge in [-0.1, -0.05) is 25.1 Å². The molecular formula is C19H26IN5OS. The summed E-state index contributed by atoms with van der Waals surface area (Å²) in [6.45, 7) is 3.59. The number of hydrogen-bond donors (Lipinski definition) is 3. The van der Waals surface area contributed by atoms with Gasteiger partial charge in [-0.3, -0.25) is 9.79 Å². The first-order chi connectivity index (χ1) is 12.7. The van der Waals surface area contributed by atoms with E-state index in [0.29, 0.717) is 13.0 Å². The number of carbonyl (C=O) groups is 1. The van der Waals surface area contributed by atoms with Crippen molar-refractivity contribution in [1.29, 1.82) is 0 Å². The maximum absolute atomic E-state index is 11.9. The van der Waals surface area contributed by atoms with Crippen LogP contribution in [0.4, 0.5) is 5.69 Å². The van der Waals surface area contributed by atoms with Crippen LogP contribution in [0.15, 0.2) is 35.5 Å². The molecule has 1 aromatic heterocycles. The largest absolute Gasteiger partial charge is 0.356 e. The average molecular weight is 499 g/mol. The summed E-state index contributed by atoms with van der Waals surface area (Å²) in [5, 5.41) is 10.7. The number of para-hydroxylation sites is 1. The average Bonchev–Trinajstić information content (AvgIpc) is 3.12. The van der Waals surface area contributed by atoms with Crippen molar-refractivity contribution in [2.45, 2.75) is 32.1 Å². The van der Waals surface area contributed by atoms with E-state index in [-0.39, 0.29) is 35.8 Å². The minimum atomic E-state index is 0. The smallest absolute Gasteiger partial charge is 0.225 e. The van der Waals surface area contributed by atoms with Crippen LogP contribution in [0.25, 0.3) is 0 Å². The first kappa shape index (κ1) is 21.6. The lowest BCUT2D eigenvalue weighted by atomic mass is 9.90. The zero-order chi connectivity index (χ0) is 18.4. The maximum atomic E-state index is 11.9. The van der Waals surface area contributed by atoms with Crippen molar-refractivity contribution in [1.82, 2.24) is 15.6 Å². The van der Waals surface area contributed by atoms with Gasteiger partial charge < -0.3 is 16.0 Å². The normalized spacial score (nSPS) is 16.1. The third-order valence-electron chi connectivity index (χ3n) is 4.43. The minimum absolute atomic E-state index is 0. The number of nitrogens with one attached hydrogen (secondary N) is 3. The molecule has 1 amide bonds. The Morgan fingerprint density at radius 1 is 1.37 bits per heavy atom. The molecule has 0 fully saturated rings. The third kappa shape index (κ3) is 5.90. The Morgan fingerprint density at radius 2 is 2.19 bits per heavy atom. The molecule has 3 rings (SSSR count). The third-order valence-corrected chi connectivity index (χ3v) is 5.63. The fraction of sp³-hybridized carbons (Fsp3) is 0.421. The summed E-state index contributed by atoms with van der Waals surface area (Å²) in [6, 6.07) is 7.98. The zero-order valence-corrected chi connectivity index (χ0v) is 18.8. The van der Waals surface area contributed by atoms with Crippen molar-refractivity contribution in [2.24, 2.45) is 4.99 Å². The van der Waals surface area contributed by atoms with Gasteiger partial charge in [0.05, 0.1) is 5.01 Å². The lowest BCUT2D eigenvalue weighted by Crippen LogP contribution is -2.41. The molecule has 8 heteroatoms. The molecule has 1 aliphatic rings. The molecule has 2 heterocycles. The van der Waals surface area contributed by atoms with Gasteiger partial charge in [0.1, 0.15) is 0 Å². The van der Waals surface area contributed by atoms with Crippen LogP contribution in [-0.2, 0) is 17.6 Å². The van der Waals surface area contributed by atoms with E-state index >= 15 is 0 Å². The molecule has 6 nitrogen and oxygen atoms in total. The first-order valence-corrected chi connectivity index (χ1v) is 9.78. The summed E-state index contributed by atoms with van der Waals surface area (Å²) in [5.74, 6) is 0.958. The summed E-state index contributed by atoms with van der Waals surface area (Å²) in [4.78, 5) is 21.9. The number of guanidine groups is 1. The fourth-order valence-corrected chi connectivity index (χ4v) is 3.90. The van der Waals surface area contributed by atoms with E-state index in [4.69, 9.17) is 0 Å². The summed E-state index contributed by atoms with van der Waals surface area (Å²) in [5.41, 5.74) is 2.08. The highest BCUT2D eigenvalue weighted by Crippen LogP contribution is 2.31. The SMILES string of the molecule is CCc1cnc(CCNC(=NC)NCC2CC(=O)Nc3ccccc32)s1.I. The molecule has 1 unspecified atom stereocenters. The molecule has 2 aromatic rings. The van der Waals surface area contributed by atoms with Gasteiger partial charge in [0, 0.05) is 55.7 Å². The molecule has 27 heavy (non-hydrogen) atoms. The molecule has 3 N–H and O–H groups in total.